The van der Waals surface area contributed by atoms with E-state index in [9.17, 15) is 9.59 Å². The number of aromatic nitrogens is 2. The molecule has 1 saturated carbocycles. The Balaban J connectivity index is 1.77. The minimum Gasteiger partial charge on any atom is -0.497 e. The molecule has 0 aliphatic heterocycles. The number of carbonyl (C=O) groups excluding carboxylic acids is 2. The van der Waals surface area contributed by atoms with Gasteiger partial charge < -0.3 is 10.1 Å². The fraction of sp³-hybridized carbons (Fsp3) is 0.333. The summed E-state index contributed by atoms with van der Waals surface area (Å²) in [4.78, 5) is 37.8. The predicted molar refractivity (Wildman–Crippen MR) is 124 cm³/mol. The van der Waals surface area contributed by atoms with Crippen molar-refractivity contribution in [1.29, 1.82) is 0 Å². The van der Waals surface area contributed by atoms with E-state index in [1.807, 2.05) is 17.5 Å². The Labute approximate surface area is 191 Å². The molecule has 1 fully saturated rings. The molecular weight excluding hydrogens is 424 g/mol. The third kappa shape index (κ3) is 4.96. The monoisotopic (exact) mass is 450 g/mol. The average molecular weight is 451 g/mol. The van der Waals surface area contributed by atoms with Crippen molar-refractivity contribution >= 4 is 28.8 Å². The number of amides is 2. The maximum absolute atomic E-state index is 13.7. The van der Waals surface area contributed by atoms with Gasteiger partial charge in [-0.2, -0.15) is 0 Å². The van der Waals surface area contributed by atoms with E-state index in [0.717, 1.165) is 30.6 Å². The van der Waals surface area contributed by atoms with Crippen molar-refractivity contribution in [2.75, 3.05) is 12.0 Å². The van der Waals surface area contributed by atoms with E-state index >= 15 is 0 Å². The van der Waals surface area contributed by atoms with Crippen LogP contribution in [0.3, 0.4) is 0 Å². The first-order valence-electron chi connectivity index (χ1n) is 10.7. The number of thiophene rings is 1. The number of anilines is 1. The Morgan fingerprint density at radius 1 is 1.16 bits per heavy atom. The first-order valence-corrected chi connectivity index (χ1v) is 11.6. The van der Waals surface area contributed by atoms with Crippen LogP contribution in [0.25, 0.3) is 0 Å². The van der Waals surface area contributed by atoms with Gasteiger partial charge >= 0.3 is 0 Å². The highest BCUT2D eigenvalue weighted by molar-refractivity contribution is 7.10. The molecule has 1 aliphatic rings. The topological polar surface area (TPSA) is 84.4 Å². The Morgan fingerprint density at radius 3 is 2.69 bits per heavy atom. The van der Waals surface area contributed by atoms with Crippen LogP contribution < -0.4 is 15.0 Å². The van der Waals surface area contributed by atoms with Gasteiger partial charge in [-0.25, -0.2) is 4.98 Å². The Kier molecular flexibility index (Phi) is 7.11. The maximum atomic E-state index is 13.7. The van der Waals surface area contributed by atoms with Crippen molar-refractivity contribution in [3.8, 4) is 5.75 Å². The first kappa shape index (κ1) is 22.0. The summed E-state index contributed by atoms with van der Waals surface area (Å²) in [6.45, 7) is 0. The van der Waals surface area contributed by atoms with E-state index < -0.39 is 11.9 Å². The van der Waals surface area contributed by atoms with Gasteiger partial charge in [0, 0.05) is 35.1 Å². The van der Waals surface area contributed by atoms with E-state index in [0.29, 0.717) is 11.4 Å². The number of hydrogen-bond donors (Lipinski definition) is 1. The van der Waals surface area contributed by atoms with Crippen molar-refractivity contribution in [1.82, 2.24) is 15.3 Å². The van der Waals surface area contributed by atoms with Gasteiger partial charge in [-0.15, -0.1) is 11.3 Å². The zero-order valence-electron chi connectivity index (χ0n) is 17.9. The Bertz CT molecular complexity index is 1040. The zero-order chi connectivity index (χ0) is 22.3. The van der Waals surface area contributed by atoms with Gasteiger partial charge in [-0.1, -0.05) is 31.4 Å². The van der Waals surface area contributed by atoms with Crippen LogP contribution in [0, 0.1) is 0 Å². The predicted octanol–water partition coefficient (Wildman–Crippen LogP) is 4.38. The summed E-state index contributed by atoms with van der Waals surface area (Å²) in [7, 11) is 1.57. The number of carbonyl (C=O) groups is 2. The lowest BCUT2D eigenvalue weighted by Crippen LogP contribution is -2.47. The molecule has 166 valence electrons. The number of nitrogens with one attached hydrogen (secondary N) is 1. The van der Waals surface area contributed by atoms with Crippen molar-refractivity contribution in [2.45, 2.75) is 44.2 Å². The van der Waals surface area contributed by atoms with Crippen LogP contribution in [0.1, 0.15) is 53.5 Å². The number of methoxy groups -OCH3 is 1. The molecule has 8 heteroatoms. The summed E-state index contributed by atoms with van der Waals surface area (Å²) in [5.74, 6) is 0.0000200. The number of benzene rings is 1. The van der Waals surface area contributed by atoms with E-state index in [4.69, 9.17) is 4.74 Å². The molecule has 2 amide bonds. The molecule has 1 N–H and O–H groups in total. The molecule has 1 atom stereocenters. The number of nitrogens with zero attached hydrogens (tertiary/aromatic N) is 3. The maximum Gasteiger partial charge on any atom is 0.279 e. The van der Waals surface area contributed by atoms with Gasteiger partial charge in [0.05, 0.1) is 13.3 Å². The lowest BCUT2D eigenvalue weighted by Gasteiger charge is -2.32. The van der Waals surface area contributed by atoms with Crippen LogP contribution in [0.15, 0.2) is 60.4 Å². The third-order valence-corrected chi connectivity index (χ3v) is 6.53. The molecule has 0 spiro atoms. The summed E-state index contributed by atoms with van der Waals surface area (Å²) in [6, 6.07) is 10.2. The van der Waals surface area contributed by atoms with E-state index in [2.05, 4.69) is 15.3 Å². The first-order chi connectivity index (χ1) is 15.7. The van der Waals surface area contributed by atoms with E-state index in [-0.39, 0.29) is 17.6 Å². The third-order valence-electron chi connectivity index (χ3n) is 5.60. The van der Waals surface area contributed by atoms with Gasteiger partial charge in [0.2, 0.25) is 5.91 Å². The van der Waals surface area contributed by atoms with Gasteiger partial charge in [0.1, 0.15) is 11.4 Å². The molecule has 32 heavy (non-hydrogen) atoms. The highest BCUT2D eigenvalue weighted by Gasteiger charge is 2.36. The molecule has 1 aromatic carbocycles. The van der Waals surface area contributed by atoms with Crippen molar-refractivity contribution in [2.24, 2.45) is 0 Å². The second kappa shape index (κ2) is 10.4. The van der Waals surface area contributed by atoms with Crippen LogP contribution in [-0.2, 0) is 4.79 Å². The Hall–Kier alpha value is -3.26. The van der Waals surface area contributed by atoms with Gasteiger partial charge in [0.25, 0.3) is 5.91 Å². The minimum absolute atomic E-state index is 0.123. The quantitative estimate of drug-likeness (QED) is 0.577. The molecule has 7 nitrogen and oxygen atoms in total. The largest absolute Gasteiger partial charge is 0.497 e. The summed E-state index contributed by atoms with van der Waals surface area (Å²) in [5, 5.41) is 5.11. The molecule has 1 unspecified atom stereocenters. The normalized spacial score (nSPS) is 15.0. The van der Waals surface area contributed by atoms with E-state index in [1.165, 1.54) is 41.2 Å². The molecule has 3 aromatic rings. The Morgan fingerprint density at radius 2 is 2.00 bits per heavy atom. The highest BCUT2D eigenvalue weighted by atomic mass is 32.1. The summed E-state index contributed by atoms with van der Waals surface area (Å²) in [5.41, 5.74) is 0.722. The molecule has 2 aromatic heterocycles. The lowest BCUT2D eigenvalue weighted by atomic mass is 9.95. The number of ether oxygens (including phenoxy) is 1. The van der Waals surface area contributed by atoms with Gasteiger partial charge in [-0.3, -0.25) is 19.5 Å². The smallest absolute Gasteiger partial charge is 0.279 e. The number of hydrogen-bond acceptors (Lipinski definition) is 6. The molecule has 4 rings (SSSR count). The van der Waals surface area contributed by atoms with Crippen molar-refractivity contribution in [3.05, 3.63) is 70.9 Å². The number of rotatable bonds is 7. The average Bonchev–Trinajstić information content (AvgIpc) is 3.37. The molecule has 1 aliphatic carbocycles. The standard InChI is InChI=1S/C24H26N4O3S/c1-31-19-10-5-9-18(15-19)28(24(30)20-16-25-12-13-26-20)22(21-11-6-14-32-21)23(29)27-17-7-3-2-4-8-17/h5-6,9-17,22H,2-4,7-8H2,1H3,(H,27,29). The SMILES string of the molecule is COc1cccc(N(C(=O)c2cnccn2)C(C(=O)NC2CCCCC2)c2cccs2)c1. The van der Waals surface area contributed by atoms with Crippen LogP contribution in [0.5, 0.6) is 5.75 Å². The van der Waals surface area contributed by atoms with Crippen LogP contribution in [-0.4, -0.2) is 34.9 Å². The van der Waals surface area contributed by atoms with Gasteiger partial charge in [0.15, 0.2) is 6.04 Å². The molecule has 2 heterocycles. The molecule has 0 saturated heterocycles. The van der Waals surface area contributed by atoms with Crippen molar-refractivity contribution < 1.29 is 14.3 Å². The molecule has 0 bridgehead atoms. The fourth-order valence-corrected chi connectivity index (χ4v) is 4.84. The van der Waals surface area contributed by atoms with Crippen LogP contribution in [0.2, 0.25) is 0 Å². The molecule has 0 radical (unpaired) electrons. The minimum atomic E-state index is -0.835. The van der Waals surface area contributed by atoms with Gasteiger partial charge in [-0.05, 0) is 36.4 Å². The second-order valence-electron chi connectivity index (χ2n) is 7.73. The lowest BCUT2D eigenvalue weighted by molar-refractivity contribution is -0.123. The molecular formula is C24H26N4O3S. The van der Waals surface area contributed by atoms with Crippen LogP contribution in [0.4, 0.5) is 5.69 Å². The summed E-state index contributed by atoms with van der Waals surface area (Å²) < 4.78 is 5.38. The highest BCUT2D eigenvalue weighted by Crippen LogP contribution is 2.34. The summed E-state index contributed by atoms with van der Waals surface area (Å²) in [6.07, 6.45) is 9.72. The zero-order valence-corrected chi connectivity index (χ0v) is 18.8. The van der Waals surface area contributed by atoms with Crippen molar-refractivity contribution in [3.63, 3.8) is 0 Å². The second-order valence-corrected chi connectivity index (χ2v) is 8.71. The van der Waals surface area contributed by atoms with Crippen LogP contribution >= 0.6 is 11.3 Å². The summed E-state index contributed by atoms with van der Waals surface area (Å²) >= 11 is 1.44. The van der Waals surface area contributed by atoms with E-state index in [1.54, 1.807) is 31.4 Å². The fourth-order valence-electron chi connectivity index (χ4n) is 4.02.